The Morgan fingerprint density at radius 1 is 0.952 bits per heavy atom. The van der Waals surface area contributed by atoms with Crippen LogP contribution in [0.15, 0.2) is 67.0 Å². The maximum atomic E-state index is 9.59. The summed E-state index contributed by atoms with van der Waals surface area (Å²) in [5.74, 6) is 0. The van der Waals surface area contributed by atoms with Crippen molar-refractivity contribution >= 4 is 10.8 Å². The van der Waals surface area contributed by atoms with E-state index < -0.39 is 0 Å². The number of rotatable bonds is 5. The highest BCUT2D eigenvalue weighted by Crippen LogP contribution is 2.18. The number of nitrogens with one attached hydrogen (secondary N) is 1. The molecule has 0 aliphatic rings. The minimum Gasteiger partial charge on any atom is -0.394 e. The van der Waals surface area contributed by atoms with Gasteiger partial charge in [-0.25, -0.2) is 0 Å². The molecule has 0 amide bonds. The number of hydrogen-bond acceptors (Lipinski definition) is 3. The van der Waals surface area contributed by atoms with E-state index in [1.807, 2.05) is 54.9 Å². The first-order valence-corrected chi connectivity index (χ1v) is 7.09. The third-order valence-corrected chi connectivity index (χ3v) is 3.67. The van der Waals surface area contributed by atoms with Crippen molar-refractivity contribution in [1.82, 2.24) is 10.3 Å². The normalized spacial score (nSPS) is 12.4. The van der Waals surface area contributed by atoms with Gasteiger partial charge in [0.1, 0.15) is 0 Å². The van der Waals surface area contributed by atoms with E-state index in [-0.39, 0.29) is 12.6 Å². The first-order valence-electron chi connectivity index (χ1n) is 7.09. The standard InChI is InChI=1S/C18H18N2O/c21-13-18(14-6-2-1-3-7-14)20-12-16-11-19-10-15-8-4-5-9-17(15)16/h1-11,18,20-21H,12-13H2. The maximum Gasteiger partial charge on any atom is 0.0626 e. The van der Waals surface area contributed by atoms with Crippen LogP contribution >= 0.6 is 0 Å². The molecule has 0 bridgehead atoms. The average Bonchev–Trinajstić information content (AvgIpc) is 2.56. The lowest BCUT2D eigenvalue weighted by Gasteiger charge is -2.17. The smallest absolute Gasteiger partial charge is 0.0626 e. The van der Waals surface area contributed by atoms with E-state index in [9.17, 15) is 5.11 Å². The van der Waals surface area contributed by atoms with Crippen molar-refractivity contribution in [3.8, 4) is 0 Å². The van der Waals surface area contributed by atoms with Gasteiger partial charge >= 0.3 is 0 Å². The van der Waals surface area contributed by atoms with Crippen molar-refractivity contribution in [1.29, 1.82) is 0 Å². The zero-order chi connectivity index (χ0) is 14.5. The fraction of sp³-hybridized carbons (Fsp3) is 0.167. The Labute approximate surface area is 124 Å². The van der Waals surface area contributed by atoms with Gasteiger partial charge in [-0.15, -0.1) is 0 Å². The Morgan fingerprint density at radius 3 is 2.52 bits per heavy atom. The number of benzene rings is 2. The van der Waals surface area contributed by atoms with Crippen LogP contribution in [0.1, 0.15) is 17.2 Å². The summed E-state index contributed by atoms with van der Waals surface area (Å²) < 4.78 is 0. The summed E-state index contributed by atoms with van der Waals surface area (Å²) in [7, 11) is 0. The Hall–Kier alpha value is -2.23. The van der Waals surface area contributed by atoms with Gasteiger partial charge in [0.25, 0.3) is 0 Å². The summed E-state index contributed by atoms with van der Waals surface area (Å²) >= 11 is 0. The topological polar surface area (TPSA) is 45.1 Å². The lowest BCUT2D eigenvalue weighted by atomic mass is 10.1. The number of aliphatic hydroxyl groups is 1. The van der Waals surface area contributed by atoms with E-state index >= 15 is 0 Å². The molecule has 0 saturated carbocycles. The van der Waals surface area contributed by atoms with Crippen LogP contribution in [-0.2, 0) is 6.54 Å². The highest BCUT2D eigenvalue weighted by atomic mass is 16.3. The van der Waals surface area contributed by atoms with Crippen molar-refractivity contribution in [3.05, 3.63) is 78.1 Å². The second-order valence-electron chi connectivity index (χ2n) is 5.05. The molecule has 0 spiro atoms. The second-order valence-corrected chi connectivity index (χ2v) is 5.05. The van der Waals surface area contributed by atoms with Gasteiger partial charge < -0.3 is 10.4 Å². The molecule has 21 heavy (non-hydrogen) atoms. The summed E-state index contributed by atoms with van der Waals surface area (Å²) in [6, 6.07) is 18.1. The zero-order valence-corrected chi connectivity index (χ0v) is 11.7. The molecule has 3 nitrogen and oxygen atoms in total. The highest BCUT2D eigenvalue weighted by Gasteiger charge is 2.10. The molecular formula is C18H18N2O. The number of pyridine rings is 1. The molecule has 2 aromatic carbocycles. The number of aromatic nitrogens is 1. The van der Waals surface area contributed by atoms with Crippen molar-refractivity contribution in [2.45, 2.75) is 12.6 Å². The molecule has 0 aliphatic heterocycles. The van der Waals surface area contributed by atoms with Gasteiger partial charge in [-0.1, -0.05) is 54.6 Å². The Bertz CT molecular complexity index is 707. The van der Waals surface area contributed by atoms with Crippen LogP contribution in [0.3, 0.4) is 0 Å². The van der Waals surface area contributed by atoms with E-state index in [0.29, 0.717) is 6.54 Å². The summed E-state index contributed by atoms with van der Waals surface area (Å²) in [4.78, 5) is 4.29. The van der Waals surface area contributed by atoms with E-state index in [1.165, 1.54) is 5.39 Å². The van der Waals surface area contributed by atoms with Crippen LogP contribution in [0.2, 0.25) is 0 Å². The molecule has 1 unspecified atom stereocenters. The van der Waals surface area contributed by atoms with E-state index in [2.05, 4.69) is 22.4 Å². The molecule has 3 aromatic rings. The Kier molecular flexibility index (Phi) is 4.24. The van der Waals surface area contributed by atoms with Gasteiger partial charge in [0.05, 0.1) is 12.6 Å². The Balaban J connectivity index is 1.79. The molecule has 1 atom stereocenters. The predicted molar refractivity (Wildman–Crippen MR) is 84.9 cm³/mol. The van der Waals surface area contributed by atoms with Crippen LogP contribution in [0.25, 0.3) is 10.8 Å². The van der Waals surface area contributed by atoms with Crippen LogP contribution in [0.5, 0.6) is 0 Å². The van der Waals surface area contributed by atoms with Gasteiger partial charge in [-0.2, -0.15) is 0 Å². The van der Waals surface area contributed by atoms with Crippen molar-refractivity contribution in [2.75, 3.05) is 6.61 Å². The van der Waals surface area contributed by atoms with Gasteiger partial charge in [-0.05, 0) is 16.5 Å². The Morgan fingerprint density at radius 2 is 1.71 bits per heavy atom. The molecular weight excluding hydrogens is 260 g/mol. The largest absolute Gasteiger partial charge is 0.394 e. The van der Waals surface area contributed by atoms with Gasteiger partial charge in [-0.3, -0.25) is 4.98 Å². The van der Waals surface area contributed by atoms with Crippen molar-refractivity contribution < 1.29 is 5.11 Å². The van der Waals surface area contributed by atoms with Gasteiger partial charge in [0, 0.05) is 24.3 Å². The number of hydrogen-bond donors (Lipinski definition) is 2. The first-order chi connectivity index (χ1) is 10.4. The predicted octanol–water partition coefficient (Wildman–Crippen LogP) is 3.06. The molecule has 2 N–H and O–H groups in total. The molecule has 3 heteroatoms. The average molecular weight is 278 g/mol. The highest BCUT2D eigenvalue weighted by molar-refractivity contribution is 5.84. The molecule has 1 aromatic heterocycles. The van der Waals surface area contributed by atoms with Crippen LogP contribution in [0, 0.1) is 0 Å². The monoisotopic (exact) mass is 278 g/mol. The minimum absolute atomic E-state index is 0.0647. The van der Waals surface area contributed by atoms with Crippen molar-refractivity contribution in [2.24, 2.45) is 0 Å². The lowest BCUT2D eigenvalue weighted by molar-refractivity contribution is 0.244. The fourth-order valence-corrected chi connectivity index (χ4v) is 2.53. The molecule has 1 heterocycles. The molecule has 0 saturated heterocycles. The quantitative estimate of drug-likeness (QED) is 0.754. The number of aliphatic hydroxyl groups excluding tert-OH is 1. The lowest BCUT2D eigenvalue weighted by Crippen LogP contribution is -2.24. The number of fused-ring (bicyclic) bond motifs is 1. The second kappa shape index (κ2) is 6.48. The third-order valence-electron chi connectivity index (χ3n) is 3.67. The zero-order valence-electron chi connectivity index (χ0n) is 11.7. The fourth-order valence-electron chi connectivity index (χ4n) is 2.53. The van der Waals surface area contributed by atoms with Gasteiger partial charge in [0.15, 0.2) is 0 Å². The molecule has 0 fully saturated rings. The molecule has 0 radical (unpaired) electrons. The maximum absolute atomic E-state index is 9.59. The summed E-state index contributed by atoms with van der Waals surface area (Å²) in [5, 5.41) is 15.3. The van der Waals surface area contributed by atoms with Crippen LogP contribution in [-0.4, -0.2) is 16.7 Å². The van der Waals surface area contributed by atoms with Gasteiger partial charge in [0.2, 0.25) is 0 Å². The van der Waals surface area contributed by atoms with E-state index in [4.69, 9.17) is 0 Å². The SMILES string of the molecule is OCC(NCc1cncc2ccccc12)c1ccccc1. The van der Waals surface area contributed by atoms with Crippen LogP contribution in [0.4, 0.5) is 0 Å². The molecule has 0 aliphatic carbocycles. The minimum atomic E-state index is -0.0647. The van der Waals surface area contributed by atoms with Crippen LogP contribution < -0.4 is 5.32 Å². The molecule has 3 rings (SSSR count). The number of nitrogens with zero attached hydrogens (tertiary/aromatic N) is 1. The summed E-state index contributed by atoms with van der Waals surface area (Å²) in [5.41, 5.74) is 2.23. The van der Waals surface area contributed by atoms with E-state index in [0.717, 1.165) is 16.5 Å². The third kappa shape index (κ3) is 3.10. The molecule has 106 valence electrons. The van der Waals surface area contributed by atoms with Crippen molar-refractivity contribution in [3.63, 3.8) is 0 Å². The first kappa shape index (κ1) is 13.7. The summed E-state index contributed by atoms with van der Waals surface area (Å²) in [6.45, 7) is 0.747. The summed E-state index contributed by atoms with van der Waals surface area (Å²) in [6.07, 6.45) is 3.76. The van der Waals surface area contributed by atoms with E-state index in [1.54, 1.807) is 0 Å².